The topological polar surface area (TPSA) is 127 Å². The molecule has 35 heavy (non-hydrogen) atoms. The third-order valence-corrected chi connectivity index (χ3v) is 5.73. The number of cyclic esters (lactones) is 1. The summed E-state index contributed by atoms with van der Waals surface area (Å²) in [6, 6.07) is 9.12. The third-order valence-electron chi connectivity index (χ3n) is 5.73. The van der Waals surface area contributed by atoms with E-state index in [4.69, 9.17) is 4.74 Å². The molecule has 2 atom stereocenters. The fourth-order valence-electron chi connectivity index (χ4n) is 4.04. The van der Waals surface area contributed by atoms with Crippen molar-refractivity contribution in [3.8, 4) is 0 Å². The van der Waals surface area contributed by atoms with E-state index in [1.54, 1.807) is 35.4 Å². The van der Waals surface area contributed by atoms with Crippen LogP contribution in [0.4, 0.5) is 31.2 Å². The van der Waals surface area contributed by atoms with Gasteiger partial charge >= 0.3 is 12.1 Å². The summed E-state index contributed by atoms with van der Waals surface area (Å²) in [6.45, 7) is 2.51. The number of urea groups is 1. The Kier molecular flexibility index (Phi) is 7.30. The van der Waals surface area contributed by atoms with Crippen molar-refractivity contribution in [1.82, 2.24) is 15.2 Å². The zero-order chi connectivity index (χ0) is 24.9. The smallest absolute Gasteiger partial charge is 0.414 e. The van der Waals surface area contributed by atoms with Gasteiger partial charge < -0.3 is 25.0 Å². The van der Waals surface area contributed by atoms with E-state index in [1.807, 2.05) is 0 Å². The zero-order valence-electron chi connectivity index (χ0n) is 19.2. The minimum absolute atomic E-state index is 0.0875. The average Bonchev–Trinajstić information content (AvgIpc) is 3.08. The van der Waals surface area contributed by atoms with Gasteiger partial charge in [0.25, 0.3) is 0 Å². The quantitative estimate of drug-likeness (QED) is 0.583. The second kappa shape index (κ2) is 10.6. The number of aliphatic hydroxyl groups is 1. The fraction of sp³-hybridized carbons (Fsp3) is 0.391. The summed E-state index contributed by atoms with van der Waals surface area (Å²) in [4.78, 5) is 44.4. The Bertz CT molecular complexity index is 1090. The van der Waals surface area contributed by atoms with Crippen molar-refractivity contribution in [3.05, 3.63) is 48.4 Å². The first-order chi connectivity index (χ1) is 16.8. The van der Waals surface area contributed by atoms with E-state index < -0.39 is 30.1 Å². The number of anilines is 3. The van der Waals surface area contributed by atoms with Crippen LogP contribution in [0.1, 0.15) is 6.92 Å². The minimum atomic E-state index is -0.894. The summed E-state index contributed by atoms with van der Waals surface area (Å²) < 4.78 is 20.3. The van der Waals surface area contributed by atoms with Crippen molar-refractivity contribution in [2.24, 2.45) is 0 Å². The molecule has 4 amide bonds. The first kappa shape index (κ1) is 24.2. The van der Waals surface area contributed by atoms with E-state index in [-0.39, 0.29) is 44.3 Å². The number of carbonyl (C=O) groups is 3. The number of hydrogen-bond donors (Lipinski definition) is 3. The molecule has 2 aliphatic rings. The van der Waals surface area contributed by atoms with Crippen molar-refractivity contribution < 1.29 is 28.6 Å². The molecule has 2 aromatic rings. The van der Waals surface area contributed by atoms with E-state index in [0.717, 1.165) is 0 Å². The molecule has 0 aliphatic carbocycles. The summed E-state index contributed by atoms with van der Waals surface area (Å²) in [7, 11) is 0. The molecule has 0 saturated carbocycles. The number of rotatable bonds is 5. The van der Waals surface area contributed by atoms with Crippen LogP contribution in [0.15, 0.2) is 42.6 Å². The lowest BCUT2D eigenvalue weighted by atomic mass is 10.2. The summed E-state index contributed by atoms with van der Waals surface area (Å²) in [5, 5.41) is 15.8. The number of β-amino-alcohol motifs (C(OH)–C–C–N with tert-alkyl or cyclic N) is 1. The number of aliphatic hydroxyl groups excluding tert-OH is 1. The highest BCUT2D eigenvalue weighted by Crippen LogP contribution is 2.28. The van der Waals surface area contributed by atoms with Gasteiger partial charge in [0.2, 0.25) is 5.91 Å². The third kappa shape index (κ3) is 5.96. The Hall–Kier alpha value is -3.93. The molecule has 0 bridgehead atoms. The Morgan fingerprint density at radius 1 is 1.20 bits per heavy atom. The Morgan fingerprint density at radius 3 is 2.74 bits per heavy atom. The van der Waals surface area contributed by atoms with E-state index >= 15 is 4.39 Å². The molecule has 3 N–H and O–H groups in total. The molecule has 1 unspecified atom stereocenters. The molecule has 4 rings (SSSR count). The number of aromatic nitrogens is 1. The highest BCUT2D eigenvalue weighted by atomic mass is 19.1. The molecule has 2 aliphatic heterocycles. The molecule has 2 saturated heterocycles. The number of halogens is 1. The van der Waals surface area contributed by atoms with Crippen molar-refractivity contribution in [2.75, 3.05) is 54.4 Å². The van der Waals surface area contributed by atoms with Gasteiger partial charge in [-0.15, -0.1) is 0 Å². The molecule has 2 fully saturated rings. The normalized spacial score (nSPS) is 20.3. The summed E-state index contributed by atoms with van der Waals surface area (Å²) >= 11 is 0. The second-order valence-electron chi connectivity index (χ2n) is 8.38. The Balaban J connectivity index is 1.40. The SMILES string of the molecule is CC(=O)NC[C@H]1CN(c2ccc(N3CCN(C(=O)Nc4ccccn4)CC(O)C3)c(F)c2)C(=O)O1. The van der Waals surface area contributed by atoms with Crippen LogP contribution in [-0.4, -0.2) is 84.5 Å². The Morgan fingerprint density at radius 2 is 2.03 bits per heavy atom. The molecule has 1 aromatic carbocycles. The molecular formula is C23H27FN6O5. The summed E-state index contributed by atoms with van der Waals surface area (Å²) in [6.07, 6.45) is -0.481. The average molecular weight is 487 g/mol. The van der Waals surface area contributed by atoms with Crippen molar-refractivity contribution in [3.63, 3.8) is 0 Å². The maximum atomic E-state index is 15.1. The van der Waals surface area contributed by atoms with Gasteiger partial charge in [0.15, 0.2) is 0 Å². The van der Waals surface area contributed by atoms with Gasteiger partial charge in [0, 0.05) is 32.8 Å². The highest BCUT2D eigenvalue weighted by molar-refractivity contribution is 5.90. The van der Waals surface area contributed by atoms with Gasteiger partial charge in [-0.05, 0) is 30.3 Å². The van der Waals surface area contributed by atoms with Crippen molar-refractivity contribution in [1.29, 1.82) is 0 Å². The molecule has 12 heteroatoms. The number of amides is 4. The number of benzene rings is 1. The van der Waals surface area contributed by atoms with Crippen molar-refractivity contribution in [2.45, 2.75) is 19.1 Å². The monoisotopic (exact) mass is 486 g/mol. The largest absolute Gasteiger partial charge is 0.442 e. The molecule has 186 valence electrons. The van der Waals surface area contributed by atoms with E-state index in [0.29, 0.717) is 18.1 Å². The number of nitrogens with one attached hydrogen (secondary N) is 2. The number of ether oxygens (including phenoxy) is 1. The number of carbonyl (C=O) groups excluding carboxylic acids is 3. The minimum Gasteiger partial charge on any atom is -0.442 e. The van der Waals surface area contributed by atoms with Crippen LogP contribution in [0.3, 0.4) is 0 Å². The van der Waals surface area contributed by atoms with Crippen LogP contribution in [0.2, 0.25) is 0 Å². The van der Waals surface area contributed by atoms with Crippen LogP contribution in [0, 0.1) is 5.82 Å². The molecule has 1 aromatic heterocycles. The fourth-order valence-corrected chi connectivity index (χ4v) is 4.04. The van der Waals surface area contributed by atoms with Gasteiger partial charge in [-0.1, -0.05) is 6.07 Å². The van der Waals surface area contributed by atoms with Crippen LogP contribution < -0.4 is 20.4 Å². The van der Waals surface area contributed by atoms with Crippen LogP contribution in [0.25, 0.3) is 0 Å². The number of hydrogen-bond acceptors (Lipinski definition) is 7. The lowest BCUT2D eigenvalue weighted by molar-refractivity contribution is -0.119. The van der Waals surface area contributed by atoms with Crippen LogP contribution in [0.5, 0.6) is 0 Å². The second-order valence-corrected chi connectivity index (χ2v) is 8.38. The molecule has 0 radical (unpaired) electrons. The lowest BCUT2D eigenvalue weighted by Crippen LogP contribution is -2.40. The molecular weight excluding hydrogens is 459 g/mol. The number of pyridine rings is 1. The van der Waals surface area contributed by atoms with Crippen LogP contribution >= 0.6 is 0 Å². The van der Waals surface area contributed by atoms with Gasteiger partial charge in [-0.3, -0.25) is 15.0 Å². The molecule has 0 spiro atoms. The Labute approximate surface area is 201 Å². The van der Waals surface area contributed by atoms with Crippen molar-refractivity contribution >= 4 is 35.2 Å². The summed E-state index contributed by atoms with van der Waals surface area (Å²) in [5.74, 6) is -0.406. The van der Waals surface area contributed by atoms with Crippen LogP contribution in [-0.2, 0) is 9.53 Å². The highest BCUT2D eigenvalue weighted by Gasteiger charge is 2.33. The predicted molar refractivity (Wildman–Crippen MR) is 126 cm³/mol. The standard InChI is InChI=1S/C23H27FN6O5/c1-15(31)26-11-18-14-30(23(34)35-18)16-5-6-20(19(24)10-16)28-8-9-29(13-17(32)12-28)22(33)27-21-4-2-3-7-25-21/h2-7,10,17-18,32H,8-9,11-14H2,1H3,(H,26,31)(H,25,27,33)/t17?,18-/m0/s1. The first-order valence-corrected chi connectivity index (χ1v) is 11.2. The van der Waals surface area contributed by atoms with Gasteiger partial charge in [0.1, 0.15) is 17.7 Å². The van der Waals surface area contributed by atoms with E-state index in [2.05, 4.69) is 15.6 Å². The zero-order valence-corrected chi connectivity index (χ0v) is 19.2. The van der Waals surface area contributed by atoms with E-state index in [1.165, 1.54) is 28.9 Å². The van der Waals surface area contributed by atoms with E-state index in [9.17, 15) is 19.5 Å². The first-order valence-electron chi connectivity index (χ1n) is 11.2. The van der Waals surface area contributed by atoms with Gasteiger partial charge in [0.05, 0.1) is 37.1 Å². The van der Waals surface area contributed by atoms with Gasteiger partial charge in [-0.25, -0.2) is 19.0 Å². The van der Waals surface area contributed by atoms with Gasteiger partial charge in [-0.2, -0.15) is 0 Å². The molecule has 3 heterocycles. The lowest BCUT2D eigenvalue weighted by Gasteiger charge is -2.25. The number of nitrogens with zero attached hydrogens (tertiary/aromatic N) is 4. The molecule has 11 nitrogen and oxygen atoms in total. The maximum absolute atomic E-state index is 15.1. The predicted octanol–water partition coefficient (Wildman–Crippen LogP) is 1.40. The maximum Gasteiger partial charge on any atom is 0.414 e. The summed E-state index contributed by atoms with van der Waals surface area (Å²) in [5.41, 5.74) is 0.579.